The molecular weight excluding hydrogens is 310 g/mol. The minimum Gasteiger partial charge on any atom is -0.385 e. The first-order chi connectivity index (χ1) is 12.1. The number of hydrogen-bond donors (Lipinski definition) is 2. The molecule has 4 heteroatoms. The normalized spacial score (nSPS) is 10.6. The maximum atomic E-state index is 12.4. The quantitative estimate of drug-likeness (QED) is 0.668. The molecule has 0 bridgehead atoms. The Hall–Kier alpha value is -2.88. The van der Waals surface area contributed by atoms with Gasteiger partial charge in [-0.3, -0.25) is 9.78 Å². The first-order valence-corrected chi connectivity index (χ1v) is 8.58. The fraction of sp³-hybridized carbons (Fsp3) is 0.238. The van der Waals surface area contributed by atoms with Crippen LogP contribution in [0, 0.1) is 13.8 Å². The molecule has 3 rings (SSSR count). The standard InChI is InChI=1S/C21H23N3O/c1-15-9-10-17-14-19(16(2)24-20(17)13-15)21(25)23-12-6-11-22-18-7-4-3-5-8-18/h3-5,7-10,13-14,22H,6,11-12H2,1-2H3,(H,23,25). The van der Waals surface area contributed by atoms with Gasteiger partial charge in [0.15, 0.2) is 0 Å². The Morgan fingerprint density at radius 3 is 2.60 bits per heavy atom. The SMILES string of the molecule is Cc1ccc2cc(C(=O)NCCCNc3ccccc3)c(C)nc2c1. The van der Waals surface area contributed by atoms with Gasteiger partial charge < -0.3 is 10.6 Å². The number of para-hydroxylation sites is 1. The van der Waals surface area contributed by atoms with Crippen molar-refractivity contribution < 1.29 is 4.79 Å². The van der Waals surface area contributed by atoms with Gasteiger partial charge in [0.05, 0.1) is 16.8 Å². The van der Waals surface area contributed by atoms with Crippen molar-refractivity contribution in [2.45, 2.75) is 20.3 Å². The van der Waals surface area contributed by atoms with E-state index in [9.17, 15) is 4.79 Å². The maximum absolute atomic E-state index is 12.4. The molecule has 2 aromatic carbocycles. The fourth-order valence-electron chi connectivity index (χ4n) is 2.78. The molecule has 0 aliphatic carbocycles. The highest BCUT2D eigenvalue weighted by atomic mass is 16.1. The molecule has 0 aliphatic heterocycles. The van der Waals surface area contributed by atoms with Gasteiger partial charge in [-0.1, -0.05) is 30.3 Å². The van der Waals surface area contributed by atoms with Crippen molar-refractivity contribution in [1.82, 2.24) is 10.3 Å². The second-order valence-corrected chi connectivity index (χ2v) is 6.22. The molecule has 0 unspecified atom stereocenters. The molecule has 3 aromatic rings. The Morgan fingerprint density at radius 1 is 1.00 bits per heavy atom. The Bertz CT molecular complexity index is 875. The van der Waals surface area contributed by atoms with Crippen LogP contribution in [0.5, 0.6) is 0 Å². The van der Waals surface area contributed by atoms with Crippen molar-refractivity contribution in [3.8, 4) is 0 Å². The number of benzene rings is 2. The molecule has 0 saturated heterocycles. The summed E-state index contributed by atoms with van der Waals surface area (Å²) in [6.07, 6.45) is 0.861. The van der Waals surface area contributed by atoms with Crippen LogP contribution in [0.1, 0.15) is 28.0 Å². The molecule has 0 atom stereocenters. The van der Waals surface area contributed by atoms with E-state index in [0.717, 1.165) is 35.2 Å². The lowest BCUT2D eigenvalue weighted by Crippen LogP contribution is -2.26. The number of rotatable bonds is 6. The van der Waals surface area contributed by atoms with E-state index in [0.29, 0.717) is 12.1 Å². The van der Waals surface area contributed by atoms with Crippen molar-refractivity contribution >= 4 is 22.5 Å². The average molecular weight is 333 g/mol. The lowest BCUT2D eigenvalue weighted by atomic mass is 10.1. The molecular formula is C21H23N3O. The minimum atomic E-state index is -0.0628. The van der Waals surface area contributed by atoms with Crippen molar-refractivity contribution in [1.29, 1.82) is 0 Å². The number of carbonyl (C=O) groups excluding carboxylic acids is 1. The molecule has 0 spiro atoms. The van der Waals surface area contributed by atoms with Crippen LogP contribution in [0.2, 0.25) is 0 Å². The van der Waals surface area contributed by atoms with Crippen LogP contribution in [-0.2, 0) is 0 Å². The summed E-state index contributed by atoms with van der Waals surface area (Å²) < 4.78 is 0. The van der Waals surface area contributed by atoms with Crippen LogP contribution in [-0.4, -0.2) is 24.0 Å². The summed E-state index contributed by atoms with van der Waals surface area (Å²) in [6.45, 7) is 5.37. The first kappa shape index (κ1) is 17.0. The molecule has 2 N–H and O–H groups in total. The van der Waals surface area contributed by atoms with E-state index in [2.05, 4.69) is 15.6 Å². The van der Waals surface area contributed by atoms with Crippen LogP contribution < -0.4 is 10.6 Å². The number of amides is 1. The Balaban J connectivity index is 1.55. The average Bonchev–Trinajstić information content (AvgIpc) is 2.61. The monoisotopic (exact) mass is 333 g/mol. The van der Waals surface area contributed by atoms with Gasteiger partial charge >= 0.3 is 0 Å². The second-order valence-electron chi connectivity index (χ2n) is 6.22. The zero-order valence-electron chi connectivity index (χ0n) is 14.7. The molecule has 4 nitrogen and oxygen atoms in total. The predicted octanol–water partition coefficient (Wildman–Crippen LogP) is 4.08. The third-order valence-electron chi connectivity index (χ3n) is 4.15. The van der Waals surface area contributed by atoms with Crippen molar-refractivity contribution in [2.24, 2.45) is 0 Å². The van der Waals surface area contributed by atoms with Crippen molar-refractivity contribution in [2.75, 3.05) is 18.4 Å². The highest BCUT2D eigenvalue weighted by Crippen LogP contribution is 2.18. The minimum absolute atomic E-state index is 0.0628. The summed E-state index contributed by atoms with van der Waals surface area (Å²) in [5.41, 5.74) is 4.60. The number of pyridine rings is 1. The predicted molar refractivity (Wildman–Crippen MR) is 103 cm³/mol. The van der Waals surface area contributed by atoms with Gasteiger partial charge in [-0.25, -0.2) is 0 Å². The van der Waals surface area contributed by atoms with Gasteiger partial charge in [0.2, 0.25) is 0 Å². The molecule has 1 aromatic heterocycles. The molecule has 0 saturated carbocycles. The number of nitrogens with one attached hydrogen (secondary N) is 2. The number of aryl methyl sites for hydroxylation is 2. The Morgan fingerprint density at radius 2 is 1.80 bits per heavy atom. The van der Waals surface area contributed by atoms with Gasteiger partial charge in [0.1, 0.15) is 0 Å². The molecule has 1 heterocycles. The van der Waals surface area contributed by atoms with Crippen molar-refractivity contribution in [3.05, 3.63) is 71.4 Å². The summed E-state index contributed by atoms with van der Waals surface area (Å²) in [7, 11) is 0. The zero-order chi connectivity index (χ0) is 17.6. The molecule has 0 radical (unpaired) electrons. The largest absolute Gasteiger partial charge is 0.385 e. The maximum Gasteiger partial charge on any atom is 0.253 e. The van der Waals surface area contributed by atoms with E-state index in [1.165, 1.54) is 5.56 Å². The molecule has 25 heavy (non-hydrogen) atoms. The fourth-order valence-corrected chi connectivity index (χ4v) is 2.78. The van der Waals surface area contributed by atoms with Gasteiger partial charge in [0.25, 0.3) is 5.91 Å². The van der Waals surface area contributed by atoms with E-state index in [-0.39, 0.29) is 5.91 Å². The van der Waals surface area contributed by atoms with Crippen LogP contribution in [0.4, 0.5) is 5.69 Å². The molecule has 0 fully saturated rings. The lowest BCUT2D eigenvalue weighted by molar-refractivity contribution is 0.0952. The molecule has 128 valence electrons. The number of anilines is 1. The van der Waals surface area contributed by atoms with Gasteiger partial charge in [-0.05, 0) is 50.1 Å². The second kappa shape index (κ2) is 7.79. The number of nitrogens with zero attached hydrogens (tertiary/aromatic N) is 1. The lowest BCUT2D eigenvalue weighted by Gasteiger charge is -2.10. The number of aromatic nitrogens is 1. The van der Waals surface area contributed by atoms with Gasteiger partial charge in [0, 0.05) is 24.2 Å². The Kier molecular flexibility index (Phi) is 5.29. The molecule has 0 aliphatic rings. The third kappa shape index (κ3) is 4.35. The van der Waals surface area contributed by atoms with Crippen LogP contribution in [0.15, 0.2) is 54.6 Å². The zero-order valence-corrected chi connectivity index (χ0v) is 14.7. The highest BCUT2D eigenvalue weighted by Gasteiger charge is 2.11. The number of fused-ring (bicyclic) bond motifs is 1. The van der Waals surface area contributed by atoms with E-state index in [4.69, 9.17) is 0 Å². The van der Waals surface area contributed by atoms with Crippen LogP contribution in [0.3, 0.4) is 0 Å². The van der Waals surface area contributed by atoms with Gasteiger partial charge in [-0.15, -0.1) is 0 Å². The van der Waals surface area contributed by atoms with E-state index in [1.807, 2.05) is 68.4 Å². The number of carbonyl (C=O) groups is 1. The van der Waals surface area contributed by atoms with E-state index < -0.39 is 0 Å². The van der Waals surface area contributed by atoms with Crippen LogP contribution in [0.25, 0.3) is 10.9 Å². The van der Waals surface area contributed by atoms with Crippen molar-refractivity contribution in [3.63, 3.8) is 0 Å². The third-order valence-corrected chi connectivity index (χ3v) is 4.15. The van der Waals surface area contributed by atoms with E-state index in [1.54, 1.807) is 0 Å². The first-order valence-electron chi connectivity index (χ1n) is 8.58. The Labute approximate surface area is 148 Å². The number of hydrogen-bond acceptors (Lipinski definition) is 3. The summed E-state index contributed by atoms with van der Waals surface area (Å²) in [5, 5.41) is 7.31. The summed E-state index contributed by atoms with van der Waals surface area (Å²) >= 11 is 0. The highest BCUT2D eigenvalue weighted by molar-refractivity contribution is 5.98. The smallest absolute Gasteiger partial charge is 0.253 e. The topological polar surface area (TPSA) is 54.0 Å². The van der Waals surface area contributed by atoms with Gasteiger partial charge in [-0.2, -0.15) is 0 Å². The summed E-state index contributed by atoms with van der Waals surface area (Å²) in [5.74, 6) is -0.0628. The van der Waals surface area contributed by atoms with E-state index >= 15 is 0 Å². The summed E-state index contributed by atoms with van der Waals surface area (Å²) in [6, 6.07) is 18.1. The molecule has 1 amide bonds. The van der Waals surface area contributed by atoms with Crippen LogP contribution >= 0.6 is 0 Å². The summed E-state index contributed by atoms with van der Waals surface area (Å²) in [4.78, 5) is 17.0.